The average Bonchev–Trinajstić information content (AvgIpc) is 3.16. The molecule has 24 heavy (non-hydrogen) atoms. The molecule has 2 aromatic heterocycles. The molecule has 7 heteroatoms. The van der Waals surface area contributed by atoms with E-state index in [1.165, 1.54) is 0 Å². The largest absolute Gasteiger partial charge is 0.379 e. The van der Waals surface area contributed by atoms with Crippen molar-refractivity contribution in [3.8, 4) is 0 Å². The van der Waals surface area contributed by atoms with Crippen LogP contribution in [0.25, 0.3) is 0 Å². The van der Waals surface area contributed by atoms with Gasteiger partial charge in [0.2, 0.25) is 5.91 Å². The molecule has 0 bridgehead atoms. The van der Waals surface area contributed by atoms with E-state index in [0.717, 1.165) is 37.4 Å². The molecule has 0 aliphatic carbocycles. The Hall–Kier alpha value is -2.25. The Kier molecular flexibility index (Phi) is 5.92. The Bertz CT molecular complexity index is 611. The smallest absolute Gasteiger partial charge is 0.220 e. The fraction of sp³-hybridized carbons (Fsp3) is 0.471. The molecule has 2 N–H and O–H groups in total. The number of hydrogen-bond donors (Lipinski definition) is 2. The van der Waals surface area contributed by atoms with Crippen LogP contribution in [0.1, 0.15) is 23.6 Å². The van der Waals surface area contributed by atoms with Gasteiger partial charge in [0, 0.05) is 44.6 Å². The number of nitrogens with one attached hydrogen (secondary N) is 2. The van der Waals surface area contributed by atoms with Gasteiger partial charge in [0.1, 0.15) is 0 Å². The van der Waals surface area contributed by atoms with Crippen molar-refractivity contribution in [1.29, 1.82) is 0 Å². The number of morpholine rings is 1. The van der Waals surface area contributed by atoms with E-state index in [0.29, 0.717) is 19.4 Å². The molecule has 2 aromatic rings. The van der Waals surface area contributed by atoms with Gasteiger partial charge >= 0.3 is 0 Å². The molecular weight excluding hydrogens is 306 g/mol. The minimum absolute atomic E-state index is 0.0540. The second-order valence-corrected chi connectivity index (χ2v) is 5.86. The highest BCUT2D eigenvalue weighted by molar-refractivity contribution is 5.76. The minimum atomic E-state index is 0.0540. The lowest BCUT2D eigenvalue weighted by Crippen LogP contribution is -2.43. The third-order valence-electron chi connectivity index (χ3n) is 4.24. The molecule has 128 valence electrons. The number of hydrogen-bond acceptors (Lipinski definition) is 5. The average molecular weight is 329 g/mol. The quantitative estimate of drug-likeness (QED) is 0.789. The van der Waals surface area contributed by atoms with Crippen molar-refractivity contribution in [2.75, 3.05) is 32.8 Å². The summed E-state index contributed by atoms with van der Waals surface area (Å²) in [4.78, 5) is 18.7. The lowest BCUT2D eigenvalue weighted by Gasteiger charge is -2.34. The summed E-state index contributed by atoms with van der Waals surface area (Å²) in [5.41, 5.74) is 2.16. The maximum absolute atomic E-state index is 12.2. The summed E-state index contributed by atoms with van der Waals surface area (Å²) >= 11 is 0. The molecule has 0 saturated carbocycles. The Morgan fingerprint density at radius 1 is 1.38 bits per heavy atom. The molecule has 1 aliphatic rings. The summed E-state index contributed by atoms with van der Waals surface area (Å²) in [5, 5.41) is 9.72. The maximum Gasteiger partial charge on any atom is 0.220 e. The van der Waals surface area contributed by atoms with Crippen molar-refractivity contribution < 1.29 is 9.53 Å². The lowest BCUT2D eigenvalue weighted by molar-refractivity contribution is -0.121. The fourth-order valence-corrected chi connectivity index (χ4v) is 2.89. The summed E-state index contributed by atoms with van der Waals surface area (Å²) in [7, 11) is 0. The van der Waals surface area contributed by atoms with Gasteiger partial charge in [-0.3, -0.25) is 19.8 Å². The van der Waals surface area contributed by atoms with Crippen LogP contribution in [0.2, 0.25) is 0 Å². The molecule has 1 atom stereocenters. The first-order chi connectivity index (χ1) is 11.8. The number of amides is 1. The van der Waals surface area contributed by atoms with Crippen LogP contribution in [0.5, 0.6) is 0 Å². The number of nitrogens with zero attached hydrogens (tertiary/aromatic N) is 3. The molecule has 1 aliphatic heterocycles. The van der Waals surface area contributed by atoms with Gasteiger partial charge in [-0.1, -0.05) is 6.07 Å². The topological polar surface area (TPSA) is 83.1 Å². The van der Waals surface area contributed by atoms with Crippen molar-refractivity contribution in [1.82, 2.24) is 25.4 Å². The normalized spacial score (nSPS) is 16.7. The van der Waals surface area contributed by atoms with Gasteiger partial charge in [0.15, 0.2) is 0 Å². The molecule has 0 spiro atoms. The summed E-state index contributed by atoms with van der Waals surface area (Å²) in [6, 6.07) is 4.12. The van der Waals surface area contributed by atoms with Crippen molar-refractivity contribution >= 4 is 5.91 Å². The van der Waals surface area contributed by atoms with Gasteiger partial charge in [0.25, 0.3) is 0 Å². The van der Waals surface area contributed by atoms with Gasteiger partial charge in [-0.05, 0) is 23.6 Å². The highest BCUT2D eigenvalue weighted by Crippen LogP contribution is 2.20. The SMILES string of the molecule is O=C(CCc1cn[nH]c1)NCC(c1cccnc1)N1CCOCC1. The molecule has 0 aromatic carbocycles. The van der Waals surface area contributed by atoms with Crippen LogP contribution < -0.4 is 5.32 Å². The van der Waals surface area contributed by atoms with Crippen LogP contribution >= 0.6 is 0 Å². The van der Waals surface area contributed by atoms with E-state index in [1.807, 2.05) is 18.5 Å². The van der Waals surface area contributed by atoms with E-state index in [9.17, 15) is 4.79 Å². The van der Waals surface area contributed by atoms with Gasteiger partial charge < -0.3 is 10.1 Å². The van der Waals surface area contributed by atoms with Crippen molar-refractivity contribution in [2.24, 2.45) is 0 Å². The van der Waals surface area contributed by atoms with E-state index in [-0.39, 0.29) is 11.9 Å². The van der Waals surface area contributed by atoms with Crippen molar-refractivity contribution in [3.63, 3.8) is 0 Å². The second kappa shape index (κ2) is 8.56. The predicted octanol–water partition coefficient (Wildman–Crippen LogP) is 0.927. The predicted molar refractivity (Wildman–Crippen MR) is 89.3 cm³/mol. The number of rotatable bonds is 7. The molecule has 1 fully saturated rings. The number of pyridine rings is 1. The Labute approximate surface area is 141 Å². The van der Waals surface area contributed by atoms with E-state index < -0.39 is 0 Å². The standard InChI is InChI=1S/C17H23N5O2/c23-17(4-3-14-10-20-21-11-14)19-13-16(15-2-1-5-18-12-15)22-6-8-24-9-7-22/h1-2,5,10-12,16H,3-4,6-9,13H2,(H,19,23)(H,20,21). The number of carbonyl (C=O) groups excluding carboxylic acids is 1. The number of aryl methyl sites for hydroxylation is 1. The number of ether oxygens (including phenoxy) is 1. The van der Waals surface area contributed by atoms with E-state index in [4.69, 9.17) is 4.74 Å². The first-order valence-electron chi connectivity index (χ1n) is 8.29. The minimum Gasteiger partial charge on any atom is -0.379 e. The second-order valence-electron chi connectivity index (χ2n) is 5.86. The highest BCUT2D eigenvalue weighted by Gasteiger charge is 2.23. The third kappa shape index (κ3) is 4.62. The van der Waals surface area contributed by atoms with E-state index in [2.05, 4.69) is 31.5 Å². The number of H-pyrrole nitrogens is 1. The van der Waals surface area contributed by atoms with Crippen LogP contribution in [-0.4, -0.2) is 58.8 Å². The molecule has 1 saturated heterocycles. The van der Waals surface area contributed by atoms with Crippen molar-refractivity contribution in [2.45, 2.75) is 18.9 Å². The van der Waals surface area contributed by atoms with Crippen LogP contribution in [-0.2, 0) is 16.0 Å². The van der Waals surface area contributed by atoms with E-state index >= 15 is 0 Å². The van der Waals surface area contributed by atoms with Crippen LogP contribution in [0.15, 0.2) is 36.9 Å². The molecule has 1 unspecified atom stereocenters. The molecule has 7 nitrogen and oxygen atoms in total. The van der Waals surface area contributed by atoms with Crippen LogP contribution in [0, 0.1) is 0 Å². The number of carbonyl (C=O) groups is 1. The van der Waals surface area contributed by atoms with E-state index in [1.54, 1.807) is 12.4 Å². The molecule has 1 amide bonds. The first-order valence-corrected chi connectivity index (χ1v) is 8.29. The Balaban J connectivity index is 1.56. The van der Waals surface area contributed by atoms with Crippen molar-refractivity contribution in [3.05, 3.63) is 48.0 Å². The summed E-state index contributed by atoms with van der Waals surface area (Å²) < 4.78 is 5.44. The molecule has 3 rings (SSSR count). The molecule has 3 heterocycles. The fourth-order valence-electron chi connectivity index (χ4n) is 2.89. The van der Waals surface area contributed by atoms with Gasteiger partial charge in [-0.2, -0.15) is 5.10 Å². The van der Waals surface area contributed by atoms with Gasteiger partial charge in [-0.25, -0.2) is 0 Å². The molecular formula is C17H23N5O2. The highest BCUT2D eigenvalue weighted by atomic mass is 16.5. The summed E-state index contributed by atoms with van der Waals surface area (Å²) in [6.45, 7) is 3.77. The zero-order valence-corrected chi connectivity index (χ0v) is 13.6. The zero-order valence-electron chi connectivity index (χ0n) is 13.6. The Morgan fingerprint density at radius 2 is 2.25 bits per heavy atom. The van der Waals surface area contributed by atoms with Gasteiger partial charge in [-0.15, -0.1) is 0 Å². The lowest BCUT2D eigenvalue weighted by atomic mass is 10.1. The number of aromatic nitrogens is 3. The Morgan fingerprint density at radius 3 is 2.96 bits per heavy atom. The summed E-state index contributed by atoms with van der Waals surface area (Å²) in [5.74, 6) is 0.0540. The maximum atomic E-state index is 12.2. The monoisotopic (exact) mass is 329 g/mol. The van der Waals surface area contributed by atoms with Crippen LogP contribution in [0.4, 0.5) is 0 Å². The van der Waals surface area contributed by atoms with Gasteiger partial charge in [0.05, 0.1) is 25.5 Å². The summed E-state index contributed by atoms with van der Waals surface area (Å²) in [6.07, 6.45) is 8.36. The third-order valence-corrected chi connectivity index (χ3v) is 4.24. The molecule has 0 radical (unpaired) electrons. The number of aromatic amines is 1. The zero-order chi connectivity index (χ0) is 16.6. The first kappa shape index (κ1) is 16.6. The van der Waals surface area contributed by atoms with Crippen LogP contribution in [0.3, 0.4) is 0 Å².